The van der Waals surface area contributed by atoms with Crippen LogP contribution in [0.15, 0.2) is 30.3 Å². The van der Waals surface area contributed by atoms with Crippen LogP contribution in [-0.2, 0) is 0 Å². The van der Waals surface area contributed by atoms with E-state index in [1.165, 1.54) is 0 Å². The molecule has 0 aliphatic heterocycles. The Morgan fingerprint density at radius 1 is 1.11 bits per heavy atom. The molecule has 0 atom stereocenters. The normalized spacial score (nSPS) is 9.89. The summed E-state index contributed by atoms with van der Waals surface area (Å²) in [4.78, 5) is 8.12. The molecule has 1 aromatic heterocycles. The zero-order valence-corrected chi connectivity index (χ0v) is 10.3. The third-order valence-corrected chi connectivity index (χ3v) is 2.36. The molecule has 0 saturated carbocycles. The number of rotatable bonds is 4. The number of nitrogens with zero attached hydrogens (tertiary/aromatic N) is 2. The topological polar surface area (TPSA) is 85.1 Å². The first kappa shape index (κ1) is 12.0. The van der Waals surface area contributed by atoms with E-state index >= 15 is 0 Å². The fourth-order valence-electron chi connectivity index (χ4n) is 1.48. The van der Waals surface area contributed by atoms with Crippen molar-refractivity contribution in [3.63, 3.8) is 0 Å². The second-order valence-corrected chi connectivity index (χ2v) is 3.60. The lowest BCUT2D eigenvalue weighted by Gasteiger charge is -2.08. The molecule has 0 fully saturated rings. The second kappa shape index (κ2) is 5.22. The van der Waals surface area contributed by atoms with Gasteiger partial charge in [-0.15, -0.1) is 0 Å². The lowest BCUT2D eigenvalue weighted by atomic mass is 10.3. The molecule has 0 bridgehead atoms. The van der Waals surface area contributed by atoms with E-state index in [9.17, 15) is 0 Å². The van der Waals surface area contributed by atoms with Crippen LogP contribution in [0.5, 0.6) is 5.75 Å². The smallest absolute Gasteiger partial charge is 0.223 e. The largest absolute Gasteiger partial charge is 0.497 e. The van der Waals surface area contributed by atoms with Crippen molar-refractivity contribution in [2.45, 2.75) is 0 Å². The first-order valence-corrected chi connectivity index (χ1v) is 5.44. The van der Waals surface area contributed by atoms with Crippen molar-refractivity contribution in [2.75, 3.05) is 30.5 Å². The number of nitrogens with one attached hydrogen (secondary N) is 2. The van der Waals surface area contributed by atoms with Crippen molar-refractivity contribution in [1.29, 1.82) is 0 Å². The van der Waals surface area contributed by atoms with Crippen LogP contribution in [0.1, 0.15) is 0 Å². The minimum Gasteiger partial charge on any atom is -0.497 e. The molecule has 6 heteroatoms. The first-order valence-electron chi connectivity index (χ1n) is 5.44. The van der Waals surface area contributed by atoms with E-state index in [0.29, 0.717) is 11.6 Å². The Morgan fingerprint density at radius 2 is 1.78 bits per heavy atom. The summed E-state index contributed by atoms with van der Waals surface area (Å²) in [5.74, 6) is 2.33. The Morgan fingerprint density at radius 3 is 2.39 bits per heavy atom. The van der Waals surface area contributed by atoms with Gasteiger partial charge in [0.1, 0.15) is 17.4 Å². The number of nitrogens with two attached hydrogens (primary N) is 1. The summed E-state index contributed by atoms with van der Waals surface area (Å²) in [5, 5.41) is 6.07. The van der Waals surface area contributed by atoms with Crippen molar-refractivity contribution in [3.05, 3.63) is 30.3 Å². The van der Waals surface area contributed by atoms with Crippen LogP contribution in [0.3, 0.4) is 0 Å². The van der Waals surface area contributed by atoms with Crippen molar-refractivity contribution >= 4 is 23.3 Å². The van der Waals surface area contributed by atoms with Gasteiger partial charge in [-0.05, 0) is 24.3 Å². The van der Waals surface area contributed by atoms with E-state index in [-0.39, 0.29) is 5.95 Å². The van der Waals surface area contributed by atoms with Gasteiger partial charge in [0.2, 0.25) is 5.95 Å². The molecule has 6 nitrogen and oxygen atoms in total. The zero-order chi connectivity index (χ0) is 13.0. The molecule has 0 aliphatic carbocycles. The highest BCUT2D eigenvalue weighted by molar-refractivity contribution is 5.61. The number of ether oxygens (including phenoxy) is 1. The van der Waals surface area contributed by atoms with Gasteiger partial charge >= 0.3 is 0 Å². The molecule has 1 heterocycles. The highest BCUT2D eigenvalue weighted by Gasteiger charge is 2.01. The summed E-state index contributed by atoms with van der Waals surface area (Å²) in [6, 6.07) is 9.31. The number of hydrogen-bond donors (Lipinski definition) is 3. The number of aromatic nitrogens is 2. The molecule has 18 heavy (non-hydrogen) atoms. The lowest BCUT2D eigenvalue weighted by molar-refractivity contribution is 0.415. The third-order valence-electron chi connectivity index (χ3n) is 2.36. The number of hydrogen-bond acceptors (Lipinski definition) is 6. The average molecular weight is 245 g/mol. The molecule has 1 aromatic carbocycles. The molecule has 0 radical (unpaired) electrons. The van der Waals surface area contributed by atoms with Gasteiger partial charge in [-0.3, -0.25) is 0 Å². The van der Waals surface area contributed by atoms with Crippen LogP contribution in [0.25, 0.3) is 0 Å². The minimum atomic E-state index is 0.220. The van der Waals surface area contributed by atoms with Gasteiger partial charge in [-0.1, -0.05) is 0 Å². The molecule has 94 valence electrons. The van der Waals surface area contributed by atoms with Crippen molar-refractivity contribution in [1.82, 2.24) is 9.97 Å². The second-order valence-electron chi connectivity index (χ2n) is 3.60. The van der Waals surface area contributed by atoms with Crippen molar-refractivity contribution in [2.24, 2.45) is 0 Å². The summed E-state index contributed by atoms with van der Waals surface area (Å²) in [6.07, 6.45) is 0. The Labute approximate surface area is 105 Å². The van der Waals surface area contributed by atoms with E-state index in [0.717, 1.165) is 11.4 Å². The van der Waals surface area contributed by atoms with E-state index in [2.05, 4.69) is 20.6 Å². The number of nitrogen functional groups attached to an aromatic ring is 1. The summed E-state index contributed by atoms with van der Waals surface area (Å²) in [6.45, 7) is 0. The monoisotopic (exact) mass is 245 g/mol. The first-order chi connectivity index (χ1) is 8.71. The van der Waals surface area contributed by atoms with Crippen LogP contribution < -0.4 is 21.1 Å². The molecular formula is C12H15N5O. The molecule has 2 rings (SSSR count). The average Bonchev–Trinajstić information content (AvgIpc) is 2.39. The SMILES string of the molecule is CNc1cc(Nc2ccc(OC)cc2)nc(N)n1. The van der Waals surface area contributed by atoms with Crippen molar-refractivity contribution < 1.29 is 4.74 Å². The summed E-state index contributed by atoms with van der Waals surface area (Å²) < 4.78 is 5.09. The fraction of sp³-hybridized carbons (Fsp3) is 0.167. The predicted molar refractivity (Wildman–Crippen MR) is 72.3 cm³/mol. The Kier molecular flexibility index (Phi) is 3.47. The predicted octanol–water partition coefficient (Wildman–Crippen LogP) is 1.85. The molecule has 0 aliphatic rings. The minimum absolute atomic E-state index is 0.220. The van der Waals surface area contributed by atoms with Gasteiger partial charge in [-0.25, -0.2) is 0 Å². The molecule has 0 amide bonds. The van der Waals surface area contributed by atoms with Crippen LogP contribution in [-0.4, -0.2) is 24.1 Å². The summed E-state index contributed by atoms with van der Waals surface area (Å²) in [5.41, 5.74) is 6.51. The quantitative estimate of drug-likeness (QED) is 0.762. The standard InChI is InChI=1S/C12H15N5O/c1-14-10-7-11(17-12(13)16-10)15-8-3-5-9(18-2)6-4-8/h3-7H,1-2H3,(H4,13,14,15,16,17). The van der Waals surface area contributed by atoms with E-state index in [1.54, 1.807) is 20.2 Å². The maximum absolute atomic E-state index is 5.61. The highest BCUT2D eigenvalue weighted by atomic mass is 16.5. The Hall–Kier alpha value is -2.50. The Bertz CT molecular complexity index is 526. The number of methoxy groups -OCH3 is 1. The van der Waals surface area contributed by atoms with Crippen LogP contribution in [0.4, 0.5) is 23.3 Å². The lowest BCUT2D eigenvalue weighted by Crippen LogP contribution is -2.03. The molecule has 0 saturated heterocycles. The van der Waals surface area contributed by atoms with Gasteiger partial charge in [-0.2, -0.15) is 9.97 Å². The van der Waals surface area contributed by atoms with E-state index in [4.69, 9.17) is 10.5 Å². The van der Waals surface area contributed by atoms with Gasteiger partial charge in [0, 0.05) is 18.8 Å². The number of benzene rings is 1. The molecule has 0 spiro atoms. The maximum atomic E-state index is 5.61. The molecule has 0 unspecified atom stereocenters. The van der Waals surface area contributed by atoms with Gasteiger partial charge in [0.05, 0.1) is 7.11 Å². The fourth-order valence-corrected chi connectivity index (χ4v) is 1.48. The van der Waals surface area contributed by atoms with E-state index < -0.39 is 0 Å². The Balaban J connectivity index is 2.19. The maximum Gasteiger partial charge on any atom is 0.223 e. The van der Waals surface area contributed by atoms with Gasteiger partial charge < -0.3 is 21.1 Å². The zero-order valence-electron chi connectivity index (χ0n) is 10.3. The van der Waals surface area contributed by atoms with E-state index in [1.807, 2.05) is 24.3 Å². The summed E-state index contributed by atoms with van der Waals surface area (Å²) in [7, 11) is 3.41. The highest BCUT2D eigenvalue weighted by Crippen LogP contribution is 2.20. The third kappa shape index (κ3) is 2.79. The van der Waals surface area contributed by atoms with Gasteiger partial charge in [0.15, 0.2) is 0 Å². The molecule has 2 aromatic rings. The van der Waals surface area contributed by atoms with Crippen LogP contribution >= 0.6 is 0 Å². The van der Waals surface area contributed by atoms with Crippen molar-refractivity contribution in [3.8, 4) is 5.75 Å². The van der Waals surface area contributed by atoms with Gasteiger partial charge in [0.25, 0.3) is 0 Å². The summed E-state index contributed by atoms with van der Waals surface area (Å²) >= 11 is 0. The van der Waals surface area contributed by atoms with Crippen LogP contribution in [0, 0.1) is 0 Å². The number of anilines is 4. The molecule has 4 N–H and O–H groups in total. The van der Waals surface area contributed by atoms with Crippen LogP contribution in [0.2, 0.25) is 0 Å². The molecular weight excluding hydrogens is 230 g/mol.